The Labute approximate surface area is 170 Å². The van der Waals surface area contributed by atoms with Gasteiger partial charge in [0.2, 0.25) is 0 Å². The lowest BCUT2D eigenvalue weighted by Gasteiger charge is -2.26. The van der Waals surface area contributed by atoms with Crippen LogP contribution in [0.1, 0.15) is 87.1 Å². The van der Waals surface area contributed by atoms with E-state index < -0.39 is 34.7 Å². The van der Waals surface area contributed by atoms with Crippen LogP contribution in [0.25, 0.3) is 0 Å². The van der Waals surface area contributed by atoms with Crippen molar-refractivity contribution in [1.29, 1.82) is 0 Å². The number of benzene rings is 1. The van der Waals surface area contributed by atoms with Gasteiger partial charge >= 0.3 is 6.18 Å². The van der Waals surface area contributed by atoms with Gasteiger partial charge in [-0.15, -0.1) is 0 Å². The van der Waals surface area contributed by atoms with Gasteiger partial charge in [-0.25, -0.2) is 4.39 Å². The van der Waals surface area contributed by atoms with Crippen LogP contribution in [0.15, 0.2) is 12.1 Å². The molecule has 0 radical (unpaired) electrons. The summed E-state index contributed by atoms with van der Waals surface area (Å²) in [5.41, 5.74) is -2.05. The van der Waals surface area contributed by atoms with E-state index in [1.165, 1.54) is 6.07 Å². The molecule has 2 nitrogen and oxygen atoms in total. The van der Waals surface area contributed by atoms with E-state index in [2.05, 4.69) is 6.92 Å². The second kappa shape index (κ2) is 9.48. The first kappa shape index (κ1) is 22.1. The van der Waals surface area contributed by atoms with Gasteiger partial charge in [-0.1, -0.05) is 51.9 Å². The van der Waals surface area contributed by atoms with Crippen LogP contribution in [0.5, 0.6) is 5.75 Å². The first-order valence-electron chi connectivity index (χ1n) is 10.8. The van der Waals surface area contributed by atoms with E-state index in [1.54, 1.807) is 0 Å². The van der Waals surface area contributed by atoms with Crippen LogP contribution in [-0.4, -0.2) is 12.4 Å². The van der Waals surface area contributed by atoms with Gasteiger partial charge in [0.15, 0.2) is 17.3 Å². The summed E-state index contributed by atoms with van der Waals surface area (Å²) >= 11 is 0. The van der Waals surface area contributed by atoms with E-state index in [0.717, 1.165) is 63.9 Å². The third kappa shape index (κ3) is 5.73. The van der Waals surface area contributed by atoms with Gasteiger partial charge in [-0.05, 0) is 42.7 Å². The minimum Gasteiger partial charge on any atom is -0.490 e. The minimum atomic E-state index is -4.94. The molecule has 0 heterocycles. The van der Waals surface area contributed by atoms with Gasteiger partial charge in [0.05, 0.1) is 6.61 Å². The van der Waals surface area contributed by atoms with Crippen molar-refractivity contribution >= 4 is 5.78 Å². The summed E-state index contributed by atoms with van der Waals surface area (Å²) in [4.78, 5) is 12.6. The van der Waals surface area contributed by atoms with Gasteiger partial charge in [0, 0.05) is 12.0 Å². The predicted molar refractivity (Wildman–Crippen MR) is 104 cm³/mol. The van der Waals surface area contributed by atoms with Crippen LogP contribution in [0.2, 0.25) is 0 Å². The van der Waals surface area contributed by atoms with Crippen molar-refractivity contribution in [2.45, 2.75) is 77.3 Å². The van der Waals surface area contributed by atoms with Crippen LogP contribution in [-0.2, 0) is 6.18 Å². The molecule has 2 aliphatic rings. The van der Waals surface area contributed by atoms with Crippen molar-refractivity contribution in [3.05, 3.63) is 29.1 Å². The molecule has 0 aliphatic heterocycles. The number of carbonyl (C=O) groups excluding carboxylic acids is 1. The summed E-state index contributed by atoms with van der Waals surface area (Å²) in [5, 5.41) is 0. The highest BCUT2D eigenvalue weighted by Crippen LogP contribution is 2.39. The smallest absolute Gasteiger partial charge is 0.420 e. The van der Waals surface area contributed by atoms with Crippen molar-refractivity contribution in [2.75, 3.05) is 6.61 Å². The largest absolute Gasteiger partial charge is 0.490 e. The SMILES string of the molecule is CC1CCC(COc2ccc(C(=O)CC3CCCCC3)c(C(F)(F)F)c2F)CC1. The summed E-state index contributed by atoms with van der Waals surface area (Å²) in [5.74, 6) is -1.54. The molecule has 0 unspecified atom stereocenters. The van der Waals surface area contributed by atoms with Crippen molar-refractivity contribution < 1.29 is 27.1 Å². The van der Waals surface area contributed by atoms with E-state index in [9.17, 15) is 22.4 Å². The highest BCUT2D eigenvalue weighted by atomic mass is 19.4. The third-order valence-electron chi connectivity index (χ3n) is 6.50. The van der Waals surface area contributed by atoms with Gasteiger partial charge in [-0.3, -0.25) is 4.79 Å². The zero-order chi connectivity index (χ0) is 21.0. The first-order valence-corrected chi connectivity index (χ1v) is 10.8. The first-order chi connectivity index (χ1) is 13.8. The maximum Gasteiger partial charge on any atom is 0.420 e. The molecule has 0 atom stereocenters. The van der Waals surface area contributed by atoms with Crippen LogP contribution in [0, 0.1) is 23.6 Å². The lowest BCUT2D eigenvalue weighted by molar-refractivity contribution is -0.140. The maximum absolute atomic E-state index is 14.8. The molecule has 0 aromatic heterocycles. The van der Waals surface area contributed by atoms with Gasteiger partial charge in [-0.2, -0.15) is 13.2 Å². The molecular formula is C23H30F4O2. The molecule has 0 spiro atoms. The minimum absolute atomic E-state index is 0.0446. The molecule has 0 N–H and O–H groups in total. The number of rotatable bonds is 6. The Kier molecular flexibility index (Phi) is 7.23. The van der Waals surface area contributed by atoms with Gasteiger partial charge in [0.25, 0.3) is 0 Å². The Hall–Kier alpha value is -1.59. The van der Waals surface area contributed by atoms with Crippen molar-refractivity contribution in [1.82, 2.24) is 0 Å². The van der Waals surface area contributed by atoms with E-state index >= 15 is 0 Å². The number of halogens is 4. The summed E-state index contributed by atoms with van der Waals surface area (Å²) in [6.45, 7) is 2.38. The topological polar surface area (TPSA) is 26.3 Å². The second-order valence-corrected chi connectivity index (χ2v) is 8.87. The Morgan fingerprint density at radius 3 is 2.28 bits per heavy atom. The van der Waals surface area contributed by atoms with E-state index in [0.29, 0.717) is 5.92 Å². The molecule has 3 rings (SSSR count). The monoisotopic (exact) mass is 414 g/mol. The fraction of sp³-hybridized carbons (Fsp3) is 0.696. The van der Waals surface area contributed by atoms with Crippen LogP contribution in [0.4, 0.5) is 17.6 Å². The summed E-state index contributed by atoms with van der Waals surface area (Å²) < 4.78 is 61.1. The molecular weight excluding hydrogens is 384 g/mol. The molecule has 1 aromatic rings. The molecule has 2 saturated carbocycles. The number of ether oxygens (including phenoxy) is 1. The molecule has 1 aromatic carbocycles. The van der Waals surface area contributed by atoms with Crippen molar-refractivity contribution in [3.63, 3.8) is 0 Å². The number of carbonyl (C=O) groups is 1. The van der Waals surface area contributed by atoms with E-state index in [1.807, 2.05) is 0 Å². The molecule has 162 valence electrons. The molecule has 2 aliphatic carbocycles. The zero-order valence-electron chi connectivity index (χ0n) is 17.0. The molecule has 0 bridgehead atoms. The molecule has 6 heteroatoms. The number of alkyl halides is 3. The number of hydrogen-bond donors (Lipinski definition) is 0. The van der Waals surface area contributed by atoms with E-state index in [-0.39, 0.29) is 24.9 Å². The third-order valence-corrected chi connectivity index (χ3v) is 6.50. The predicted octanol–water partition coefficient (Wildman–Crippen LogP) is 7.20. The molecule has 0 saturated heterocycles. The highest BCUT2D eigenvalue weighted by molar-refractivity contribution is 5.98. The zero-order valence-corrected chi connectivity index (χ0v) is 17.0. The Morgan fingerprint density at radius 1 is 1.00 bits per heavy atom. The Bertz CT molecular complexity index is 700. The standard InChI is InChI=1S/C23H30F4O2/c1-15-7-9-17(10-8-15)14-29-20-12-11-18(21(22(20)24)23(25,26)27)19(28)13-16-5-3-2-4-6-16/h11-12,15-17H,2-10,13-14H2,1H3. The Morgan fingerprint density at radius 2 is 1.66 bits per heavy atom. The Balaban J connectivity index is 1.75. The normalized spacial score (nSPS) is 23.8. The summed E-state index contributed by atoms with van der Waals surface area (Å²) in [6.07, 6.45) is 3.85. The molecule has 0 amide bonds. The average Bonchev–Trinajstić information content (AvgIpc) is 2.68. The van der Waals surface area contributed by atoms with E-state index in [4.69, 9.17) is 4.74 Å². The maximum atomic E-state index is 14.8. The average molecular weight is 414 g/mol. The van der Waals surface area contributed by atoms with Crippen LogP contribution >= 0.6 is 0 Å². The number of ketones is 1. The van der Waals surface area contributed by atoms with Gasteiger partial charge < -0.3 is 4.74 Å². The lowest BCUT2D eigenvalue weighted by Crippen LogP contribution is -2.21. The summed E-state index contributed by atoms with van der Waals surface area (Å²) in [6, 6.07) is 2.28. The lowest BCUT2D eigenvalue weighted by atomic mass is 9.83. The quantitative estimate of drug-likeness (QED) is 0.363. The fourth-order valence-corrected chi connectivity index (χ4v) is 4.64. The van der Waals surface area contributed by atoms with Crippen LogP contribution in [0.3, 0.4) is 0 Å². The fourth-order valence-electron chi connectivity index (χ4n) is 4.64. The molecule has 2 fully saturated rings. The van der Waals surface area contributed by atoms with Crippen molar-refractivity contribution in [2.24, 2.45) is 17.8 Å². The number of Topliss-reactive ketones (excluding diaryl/α,β-unsaturated/α-hetero) is 1. The number of hydrogen-bond acceptors (Lipinski definition) is 2. The van der Waals surface area contributed by atoms with Gasteiger partial charge in [0.1, 0.15) is 5.56 Å². The highest BCUT2D eigenvalue weighted by Gasteiger charge is 2.40. The van der Waals surface area contributed by atoms with Crippen molar-refractivity contribution in [3.8, 4) is 5.75 Å². The second-order valence-electron chi connectivity index (χ2n) is 8.87. The summed E-state index contributed by atoms with van der Waals surface area (Å²) in [7, 11) is 0. The van der Waals surface area contributed by atoms with Crippen LogP contribution < -0.4 is 4.74 Å². The molecule has 29 heavy (non-hydrogen) atoms.